The molecule has 1 saturated carbocycles. The largest absolute Gasteiger partial charge is 0.346 e. The highest BCUT2D eigenvalue weighted by atomic mass is 35.5. The average molecular weight is 553 g/mol. The van der Waals surface area contributed by atoms with Gasteiger partial charge in [-0.3, -0.25) is 4.79 Å². The molecule has 1 amide bonds. The Bertz CT molecular complexity index is 1470. The molecule has 8 heteroatoms. The molecule has 1 aliphatic carbocycles. The minimum Gasteiger partial charge on any atom is -0.346 e. The van der Waals surface area contributed by atoms with Gasteiger partial charge in [0.15, 0.2) is 0 Å². The molecule has 1 unspecified atom stereocenters. The van der Waals surface area contributed by atoms with Gasteiger partial charge in [-0.05, 0) is 68.5 Å². The summed E-state index contributed by atoms with van der Waals surface area (Å²) in [6.07, 6.45) is 3.11. The van der Waals surface area contributed by atoms with Gasteiger partial charge < -0.3 is 15.6 Å². The quantitative estimate of drug-likeness (QED) is 0.250. The highest BCUT2D eigenvalue weighted by Crippen LogP contribution is 2.45. The monoisotopic (exact) mass is 551 g/mol. The normalized spacial score (nSPS) is 13.7. The maximum atomic E-state index is 13.9. The minimum absolute atomic E-state index is 0. The number of fused-ring (bicyclic) bond motifs is 1. The number of nitrogens with two attached hydrogens (primary N) is 1. The van der Waals surface area contributed by atoms with Crippen LogP contribution in [0.25, 0.3) is 11.0 Å². The van der Waals surface area contributed by atoms with Crippen LogP contribution in [0, 0.1) is 17.7 Å². The van der Waals surface area contributed by atoms with Gasteiger partial charge in [0.1, 0.15) is 11.2 Å². The Morgan fingerprint density at radius 3 is 2.47 bits per heavy atom. The maximum absolute atomic E-state index is 13.9. The number of halogens is 2. The summed E-state index contributed by atoms with van der Waals surface area (Å²) in [7, 11) is 0. The van der Waals surface area contributed by atoms with Crippen LogP contribution in [0.4, 0.5) is 0 Å². The second-order valence-corrected chi connectivity index (χ2v) is 10.3. The third-order valence-corrected chi connectivity index (χ3v) is 7.31. The molecule has 0 aliphatic heterocycles. The van der Waals surface area contributed by atoms with Gasteiger partial charge in [-0.1, -0.05) is 59.6 Å². The van der Waals surface area contributed by atoms with E-state index in [1.165, 1.54) is 0 Å². The SMILES string of the molecule is Cc1ccc(C(=O)N(CCCN)C(c2[nH]c3cc(Cl)ccc3[n+](=O)c2Cc2ccccc2)C2CC2)cc1.Cl. The number of hydrogen-bond donors (Lipinski definition) is 2. The number of amides is 1. The summed E-state index contributed by atoms with van der Waals surface area (Å²) < 4.78 is 1.01. The molecule has 1 atom stereocenters. The predicted molar refractivity (Wildman–Crippen MR) is 155 cm³/mol. The van der Waals surface area contributed by atoms with E-state index in [2.05, 4.69) is 4.98 Å². The third-order valence-electron chi connectivity index (χ3n) is 7.08. The number of nitrogens with one attached hydrogen (secondary N) is 1. The van der Waals surface area contributed by atoms with Gasteiger partial charge in [0.2, 0.25) is 0 Å². The number of carbonyl (C=O) groups is 1. The number of aromatic amines is 1. The molecule has 0 radical (unpaired) electrons. The summed E-state index contributed by atoms with van der Waals surface area (Å²) in [5.41, 5.74) is 11.2. The van der Waals surface area contributed by atoms with Gasteiger partial charge in [-0.2, -0.15) is 0 Å². The molecule has 1 aliphatic rings. The fourth-order valence-corrected chi connectivity index (χ4v) is 5.18. The first kappa shape index (κ1) is 27.8. The average Bonchev–Trinajstić information content (AvgIpc) is 3.74. The Labute approximate surface area is 233 Å². The molecule has 0 bridgehead atoms. The van der Waals surface area contributed by atoms with Gasteiger partial charge in [-0.25, -0.2) is 0 Å². The first-order valence-corrected chi connectivity index (χ1v) is 13.2. The van der Waals surface area contributed by atoms with Crippen molar-refractivity contribution in [2.24, 2.45) is 11.7 Å². The maximum Gasteiger partial charge on any atom is 0.286 e. The van der Waals surface area contributed by atoms with E-state index in [4.69, 9.17) is 17.3 Å². The second kappa shape index (κ2) is 12.1. The lowest BCUT2D eigenvalue weighted by atomic mass is 9.98. The van der Waals surface area contributed by atoms with Gasteiger partial charge >= 0.3 is 0 Å². The molecule has 4 aromatic rings. The zero-order valence-corrected chi connectivity index (χ0v) is 23.0. The Kier molecular flexibility index (Phi) is 8.87. The first-order valence-electron chi connectivity index (χ1n) is 12.8. The number of aryl methyl sites for hydroxylation is 1. The number of benzene rings is 3. The van der Waals surface area contributed by atoms with E-state index in [-0.39, 0.29) is 30.3 Å². The Hall–Kier alpha value is -3.19. The number of rotatable bonds is 9. The van der Waals surface area contributed by atoms with E-state index < -0.39 is 0 Å². The third kappa shape index (κ3) is 5.93. The zero-order chi connectivity index (χ0) is 25.9. The molecule has 198 valence electrons. The van der Waals surface area contributed by atoms with Crippen molar-refractivity contribution in [2.75, 3.05) is 13.1 Å². The number of carbonyl (C=O) groups excluding carboxylic acids is 1. The summed E-state index contributed by atoms with van der Waals surface area (Å²) >= 11 is 6.31. The van der Waals surface area contributed by atoms with Gasteiger partial charge in [0, 0.05) is 28.1 Å². The summed E-state index contributed by atoms with van der Waals surface area (Å²) in [4.78, 5) is 33.3. The van der Waals surface area contributed by atoms with Crippen molar-refractivity contribution in [3.8, 4) is 0 Å². The molecular formula is C30H33Cl2N4O2+. The topological polar surface area (TPSA) is 85.1 Å². The van der Waals surface area contributed by atoms with E-state index >= 15 is 0 Å². The first-order chi connectivity index (χ1) is 18.0. The van der Waals surface area contributed by atoms with Crippen LogP contribution in [-0.2, 0) is 6.42 Å². The van der Waals surface area contributed by atoms with Gasteiger partial charge in [-0.15, -0.1) is 12.4 Å². The van der Waals surface area contributed by atoms with Crippen molar-refractivity contribution in [1.82, 2.24) is 9.88 Å². The summed E-state index contributed by atoms with van der Waals surface area (Å²) in [5.74, 6) is 0.211. The fraction of sp³-hybridized carbons (Fsp3) is 0.300. The summed E-state index contributed by atoms with van der Waals surface area (Å²) in [6.45, 7) is 2.99. The van der Waals surface area contributed by atoms with Crippen molar-refractivity contribution in [1.29, 1.82) is 0 Å². The molecule has 38 heavy (non-hydrogen) atoms. The van der Waals surface area contributed by atoms with Gasteiger partial charge in [0.25, 0.3) is 17.1 Å². The van der Waals surface area contributed by atoms with Crippen molar-refractivity contribution in [3.05, 3.63) is 111 Å². The molecule has 0 saturated heterocycles. The van der Waals surface area contributed by atoms with Crippen LogP contribution in [0.15, 0.2) is 72.8 Å². The van der Waals surface area contributed by atoms with Crippen LogP contribution in [0.5, 0.6) is 0 Å². The molecule has 3 aromatic carbocycles. The van der Waals surface area contributed by atoms with Crippen LogP contribution in [0.3, 0.4) is 0 Å². The Morgan fingerprint density at radius 1 is 1.11 bits per heavy atom. The van der Waals surface area contributed by atoms with E-state index in [0.717, 1.165) is 34.1 Å². The molecule has 1 fully saturated rings. The minimum atomic E-state index is -0.275. The molecule has 3 N–H and O–H groups in total. The highest BCUT2D eigenvalue weighted by molar-refractivity contribution is 6.31. The van der Waals surface area contributed by atoms with E-state index in [1.807, 2.05) is 66.4 Å². The number of nitrogens with zero attached hydrogens (tertiary/aromatic N) is 2. The summed E-state index contributed by atoms with van der Waals surface area (Å²) in [5, 5.41) is 0.546. The van der Waals surface area contributed by atoms with E-state index in [0.29, 0.717) is 53.2 Å². The Balaban J connectivity index is 0.00000336. The molecule has 1 heterocycles. The lowest BCUT2D eigenvalue weighted by Gasteiger charge is -2.32. The smallest absolute Gasteiger partial charge is 0.286 e. The predicted octanol–water partition coefficient (Wildman–Crippen LogP) is 6.00. The standard InChI is InChI=1S/C30H32ClN4O2.ClH/c1-20-8-10-23(11-9-20)30(36)34(17-5-16-32)29(22-12-13-22)28-27(18-21-6-3-2-4-7-21)35(37)26-15-14-24(31)19-25(26)33-28;/h2-4,6-11,14-15,19,22,29H,5,12-13,16-18,32H2,1H3,(H,33,37);1H/q+1;. The van der Waals surface area contributed by atoms with E-state index in [1.54, 1.807) is 18.2 Å². The molecule has 0 spiro atoms. The van der Waals surface area contributed by atoms with Crippen molar-refractivity contribution in [3.63, 3.8) is 0 Å². The summed E-state index contributed by atoms with van der Waals surface area (Å²) in [6, 6.07) is 22.6. The molecular weight excluding hydrogens is 519 g/mol. The number of hydrogen-bond acceptors (Lipinski definition) is 3. The fourth-order valence-electron chi connectivity index (χ4n) is 5.01. The Morgan fingerprint density at radius 2 is 1.82 bits per heavy atom. The van der Waals surface area contributed by atoms with Crippen LogP contribution >= 0.6 is 24.0 Å². The molecule has 1 aromatic heterocycles. The van der Waals surface area contributed by atoms with Gasteiger partial charge in [0.05, 0.1) is 16.9 Å². The van der Waals surface area contributed by atoms with E-state index in [9.17, 15) is 9.70 Å². The van der Waals surface area contributed by atoms with Crippen molar-refractivity contribution in [2.45, 2.75) is 38.6 Å². The second-order valence-electron chi connectivity index (χ2n) is 9.89. The zero-order valence-electron chi connectivity index (χ0n) is 21.4. The van der Waals surface area contributed by atoms with Crippen LogP contribution in [0.1, 0.15) is 58.2 Å². The van der Waals surface area contributed by atoms with Crippen molar-refractivity contribution < 1.29 is 9.22 Å². The highest BCUT2D eigenvalue weighted by Gasteiger charge is 2.43. The molecule has 6 nitrogen and oxygen atoms in total. The van der Waals surface area contributed by atoms with Crippen LogP contribution in [-0.4, -0.2) is 28.9 Å². The van der Waals surface area contributed by atoms with Crippen LogP contribution < -0.4 is 10.2 Å². The number of aromatic nitrogens is 2. The number of H-pyrrole nitrogens is 1. The molecule has 5 rings (SSSR count). The van der Waals surface area contributed by atoms with Crippen molar-refractivity contribution >= 4 is 40.9 Å². The lowest BCUT2D eigenvalue weighted by molar-refractivity contribution is -0.475. The van der Waals surface area contributed by atoms with Crippen LogP contribution in [0.2, 0.25) is 5.02 Å². The lowest BCUT2D eigenvalue weighted by Crippen LogP contribution is -2.40.